The van der Waals surface area contributed by atoms with Gasteiger partial charge in [0, 0.05) is 11.1 Å². The fourth-order valence-corrected chi connectivity index (χ4v) is 3.62. The van der Waals surface area contributed by atoms with Gasteiger partial charge in [-0.1, -0.05) is 17.7 Å². The number of rotatable bonds is 4. The van der Waals surface area contributed by atoms with E-state index in [0.717, 1.165) is 5.69 Å². The highest BCUT2D eigenvalue weighted by Crippen LogP contribution is 2.26. The third-order valence-electron chi connectivity index (χ3n) is 3.16. The molecule has 5 nitrogen and oxygen atoms in total. The number of hydrogen-bond donors (Lipinski definition) is 1. The molecule has 0 radical (unpaired) electrons. The van der Waals surface area contributed by atoms with Crippen molar-refractivity contribution in [3.63, 3.8) is 0 Å². The maximum atomic E-state index is 12.4. The zero-order valence-electron chi connectivity index (χ0n) is 12.4. The van der Waals surface area contributed by atoms with Crippen LogP contribution in [0.4, 0.5) is 5.69 Å². The number of aromatic nitrogens is 2. The Morgan fingerprint density at radius 3 is 2.48 bits per heavy atom. The van der Waals surface area contributed by atoms with E-state index in [-0.39, 0.29) is 10.9 Å². The van der Waals surface area contributed by atoms with Gasteiger partial charge in [-0.15, -0.1) is 0 Å². The van der Waals surface area contributed by atoms with Gasteiger partial charge in [-0.3, -0.25) is 9.40 Å². The van der Waals surface area contributed by atoms with Gasteiger partial charge in [0.05, 0.1) is 22.0 Å². The molecule has 0 aliphatic heterocycles. The van der Waals surface area contributed by atoms with E-state index < -0.39 is 10.0 Å². The van der Waals surface area contributed by atoms with Crippen molar-refractivity contribution in [2.45, 2.75) is 38.6 Å². The normalized spacial score (nSPS) is 11.9. The molecule has 0 spiro atoms. The summed E-state index contributed by atoms with van der Waals surface area (Å²) in [7, 11) is -3.68. The summed E-state index contributed by atoms with van der Waals surface area (Å²) in [6, 6.07) is 6.32. The lowest BCUT2D eigenvalue weighted by atomic mass is 10.3. The molecule has 1 N–H and O–H groups in total. The predicted octanol–water partition coefficient (Wildman–Crippen LogP) is 3.54. The van der Waals surface area contributed by atoms with E-state index in [9.17, 15) is 8.42 Å². The average molecular weight is 328 g/mol. The molecule has 0 saturated carbocycles. The standard InChI is InChI=1S/C14H18ClN3O2S/c1-9(2)18-11(4)14(10(3)16-18)17-21(19,20)13-7-5-6-12(15)8-13/h5-9,17H,1-4H3. The van der Waals surface area contributed by atoms with E-state index in [0.29, 0.717) is 16.4 Å². The van der Waals surface area contributed by atoms with Crippen LogP contribution in [-0.2, 0) is 10.0 Å². The van der Waals surface area contributed by atoms with Gasteiger partial charge in [-0.2, -0.15) is 5.10 Å². The molecule has 0 unspecified atom stereocenters. The van der Waals surface area contributed by atoms with Gasteiger partial charge in [0.15, 0.2) is 0 Å². The van der Waals surface area contributed by atoms with Crippen LogP contribution < -0.4 is 4.72 Å². The molecular weight excluding hydrogens is 310 g/mol. The highest BCUT2D eigenvalue weighted by Gasteiger charge is 2.20. The first-order chi connectivity index (χ1) is 9.72. The van der Waals surface area contributed by atoms with Gasteiger partial charge >= 0.3 is 0 Å². The minimum absolute atomic E-state index is 0.131. The van der Waals surface area contributed by atoms with E-state index in [1.807, 2.05) is 20.8 Å². The SMILES string of the molecule is Cc1nn(C(C)C)c(C)c1NS(=O)(=O)c1cccc(Cl)c1. The summed E-state index contributed by atoms with van der Waals surface area (Å²) >= 11 is 5.85. The number of aryl methyl sites for hydroxylation is 1. The Morgan fingerprint density at radius 1 is 1.29 bits per heavy atom. The predicted molar refractivity (Wildman–Crippen MR) is 84.3 cm³/mol. The Labute approximate surface area is 130 Å². The van der Waals surface area contributed by atoms with Crippen LogP contribution in [0.2, 0.25) is 5.02 Å². The number of hydrogen-bond acceptors (Lipinski definition) is 3. The quantitative estimate of drug-likeness (QED) is 0.934. The maximum Gasteiger partial charge on any atom is 0.262 e. The van der Waals surface area contributed by atoms with Crippen LogP contribution in [0.5, 0.6) is 0 Å². The summed E-state index contributed by atoms with van der Waals surface area (Å²) in [5.41, 5.74) is 1.95. The summed E-state index contributed by atoms with van der Waals surface area (Å²) in [5.74, 6) is 0. The molecule has 2 aromatic rings. The lowest BCUT2D eigenvalue weighted by Gasteiger charge is -2.11. The van der Waals surface area contributed by atoms with Crippen molar-refractivity contribution in [2.24, 2.45) is 0 Å². The monoisotopic (exact) mass is 327 g/mol. The lowest BCUT2D eigenvalue weighted by molar-refractivity contribution is 0.516. The van der Waals surface area contributed by atoms with Gasteiger partial charge in [0.2, 0.25) is 0 Å². The number of sulfonamides is 1. The number of nitrogens with zero attached hydrogens (tertiary/aromatic N) is 2. The van der Waals surface area contributed by atoms with Crippen molar-refractivity contribution >= 4 is 27.3 Å². The molecule has 0 atom stereocenters. The second-order valence-electron chi connectivity index (χ2n) is 5.15. The largest absolute Gasteiger partial charge is 0.276 e. The molecule has 7 heteroatoms. The molecule has 0 amide bonds. The van der Waals surface area contributed by atoms with Crippen LogP contribution in [0.15, 0.2) is 29.2 Å². The molecule has 0 saturated heterocycles. The van der Waals surface area contributed by atoms with Crippen LogP contribution >= 0.6 is 11.6 Å². The smallest absolute Gasteiger partial charge is 0.262 e. The molecule has 0 bridgehead atoms. The van der Waals surface area contributed by atoms with Crippen LogP contribution in [0, 0.1) is 13.8 Å². The molecule has 1 aromatic carbocycles. The van der Waals surface area contributed by atoms with Crippen LogP contribution in [0.3, 0.4) is 0 Å². The van der Waals surface area contributed by atoms with Crippen molar-refractivity contribution < 1.29 is 8.42 Å². The highest BCUT2D eigenvalue weighted by molar-refractivity contribution is 7.92. The topological polar surface area (TPSA) is 64.0 Å². The molecular formula is C14H18ClN3O2S. The van der Waals surface area contributed by atoms with Crippen LogP contribution in [-0.4, -0.2) is 18.2 Å². The van der Waals surface area contributed by atoms with E-state index in [1.54, 1.807) is 23.7 Å². The molecule has 0 fully saturated rings. The third-order valence-corrected chi connectivity index (χ3v) is 4.74. The molecule has 1 aromatic heterocycles. The van der Waals surface area contributed by atoms with Gasteiger partial charge in [0.25, 0.3) is 10.0 Å². The van der Waals surface area contributed by atoms with E-state index in [4.69, 9.17) is 11.6 Å². The molecule has 2 rings (SSSR count). The minimum Gasteiger partial charge on any atom is -0.276 e. The molecule has 114 valence electrons. The summed E-state index contributed by atoms with van der Waals surface area (Å²) in [6.07, 6.45) is 0. The summed E-state index contributed by atoms with van der Waals surface area (Å²) < 4.78 is 29.3. The van der Waals surface area contributed by atoms with Crippen molar-refractivity contribution in [2.75, 3.05) is 4.72 Å². The Kier molecular flexibility index (Phi) is 4.30. The highest BCUT2D eigenvalue weighted by atomic mass is 35.5. The second kappa shape index (κ2) is 5.69. The Hall–Kier alpha value is -1.53. The fourth-order valence-electron chi connectivity index (χ4n) is 2.14. The first-order valence-corrected chi connectivity index (χ1v) is 8.42. The van der Waals surface area contributed by atoms with Gasteiger partial charge in [-0.05, 0) is 45.9 Å². The third kappa shape index (κ3) is 3.22. The lowest BCUT2D eigenvalue weighted by Crippen LogP contribution is -2.14. The maximum absolute atomic E-state index is 12.4. The van der Waals surface area contributed by atoms with Crippen molar-refractivity contribution in [1.82, 2.24) is 9.78 Å². The number of nitrogens with one attached hydrogen (secondary N) is 1. The zero-order chi connectivity index (χ0) is 15.8. The fraction of sp³-hybridized carbons (Fsp3) is 0.357. The zero-order valence-corrected chi connectivity index (χ0v) is 14.0. The van der Waals surface area contributed by atoms with E-state index >= 15 is 0 Å². The van der Waals surface area contributed by atoms with Crippen LogP contribution in [0.1, 0.15) is 31.3 Å². The summed E-state index contributed by atoms with van der Waals surface area (Å²) in [4.78, 5) is 0.131. The van der Waals surface area contributed by atoms with Gasteiger partial charge in [0.1, 0.15) is 0 Å². The van der Waals surface area contributed by atoms with E-state index in [1.165, 1.54) is 12.1 Å². The number of anilines is 1. The van der Waals surface area contributed by atoms with E-state index in [2.05, 4.69) is 9.82 Å². The van der Waals surface area contributed by atoms with Crippen molar-refractivity contribution in [3.05, 3.63) is 40.7 Å². The van der Waals surface area contributed by atoms with Gasteiger partial charge in [-0.25, -0.2) is 8.42 Å². The first-order valence-electron chi connectivity index (χ1n) is 6.56. The molecule has 1 heterocycles. The minimum atomic E-state index is -3.68. The first kappa shape index (κ1) is 15.9. The molecule has 21 heavy (non-hydrogen) atoms. The second-order valence-corrected chi connectivity index (χ2v) is 7.27. The molecule has 0 aliphatic carbocycles. The Bertz CT molecular complexity index is 767. The Balaban J connectivity index is 2.42. The van der Waals surface area contributed by atoms with Crippen molar-refractivity contribution in [1.29, 1.82) is 0 Å². The van der Waals surface area contributed by atoms with Gasteiger partial charge < -0.3 is 0 Å². The summed E-state index contributed by atoms with van der Waals surface area (Å²) in [6.45, 7) is 7.61. The molecule has 0 aliphatic rings. The number of benzene rings is 1. The van der Waals surface area contributed by atoms with Crippen LogP contribution in [0.25, 0.3) is 0 Å². The Morgan fingerprint density at radius 2 is 1.95 bits per heavy atom. The number of halogens is 1. The summed E-state index contributed by atoms with van der Waals surface area (Å²) in [5, 5.41) is 4.75. The van der Waals surface area contributed by atoms with Crippen molar-refractivity contribution in [3.8, 4) is 0 Å². The average Bonchev–Trinajstić information content (AvgIpc) is 2.66.